The summed E-state index contributed by atoms with van der Waals surface area (Å²) in [7, 11) is 0. The maximum absolute atomic E-state index is 9.03. The number of nitriles is 1. The topological polar surface area (TPSA) is 49.3 Å². The molecule has 1 heterocycles. The van der Waals surface area contributed by atoms with Gasteiger partial charge in [-0.25, -0.2) is 4.99 Å². The number of nitrogens with zero attached hydrogens (tertiary/aromatic N) is 2. The van der Waals surface area contributed by atoms with Gasteiger partial charge in [0.1, 0.15) is 17.4 Å². The van der Waals surface area contributed by atoms with Crippen molar-refractivity contribution in [2.24, 2.45) is 4.99 Å². The molecule has 0 unspecified atom stereocenters. The largest absolute Gasteiger partial charge is 0.442 e. The second-order valence-corrected chi connectivity index (χ2v) is 3.74. The van der Waals surface area contributed by atoms with Gasteiger partial charge in [-0.2, -0.15) is 5.26 Å². The summed E-state index contributed by atoms with van der Waals surface area (Å²) in [6, 6.07) is 11.8. The van der Waals surface area contributed by atoms with Gasteiger partial charge in [0.2, 0.25) is 5.88 Å². The summed E-state index contributed by atoms with van der Waals surface area (Å²) in [5, 5.41) is 9.03. The van der Waals surface area contributed by atoms with Gasteiger partial charge in [-0.3, -0.25) is 0 Å². The van der Waals surface area contributed by atoms with Crippen molar-refractivity contribution in [3.63, 3.8) is 0 Å². The van der Waals surface area contributed by atoms with Crippen LogP contribution in [0.5, 0.6) is 0 Å². The predicted molar refractivity (Wildman–Crippen MR) is 66.6 cm³/mol. The van der Waals surface area contributed by atoms with Gasteiger partial charge >= 0.3 is 0 Å². The highest BCUT2D eigenvalue weighted by Gasteiger charge is 2.12. The van der Waals surface area contributed by atoms with E-state index in [1.54, 1.807) is 6.21 Å². The highest BCUT2D eigenvalue weighted by molar-refractivity contribution is 5.81. The molecular formula is C14H12N2O. The molecule has 3 heteroatoms. The third-order valence-electron chi connectivity index (χ3n) is 2.61. The first-order valence-corrected chi connectivity index (χ1v) is 5.31. The Labute approximate surface area is 100 Å². The number of aryl methyl sites for hydroxylation is 1. The van der Waals surface area contributed by atoms with Crippen LogP contribution in [0, 0.1) is 25.2 Å². The van der Waals surface area contributed by atoms with E-state index in [9.17, 15) is 0 Å². The highest BCUT2D eigenvalue weighted by Crippen LogP contribution is 2.27. The number of benzene rings is 1. The lowest BCUT2D eigenvalue weighted by atomic mass is 10.2. The van der Waals surface area contributed by atoms with Crippen molar-refractivity contribution in [3.8, 4) is 6.07 Å². The van der Waals surface area contributed by atoms with Crippen LogP contribution in [0.15, 0.2) is 39.7 Å². The Morgan fingerprint density at radius 2 is 1.94 bits per heavy atom. The van der Waals surface area contributed by atoms with Crippen molar-refractivity contribution < 1.29 is 4.42 Å². The summed E-state index contributed by atoms with van der Waals surface area (Å²) < 4.78 is 5.44. The van der Waals surface area contributed by atoms with Crippen LogP contribution in [0.4, 0.5) is 5.88 Å². The van der Waals surface area contributed by atoms with Crippen molar-refractivity contribution in [2.75, 3.05) is 0 Å². The Balaban J connectivity index is 2.35. The van der Waals surface area contributed by atoms with Crippen LogP contribution in [0.3, 0.4) is 0 Å². The number of hydrogen-bond acceptors (Lipinski definition) is 3. The molecule has 0 radical (unpaired) electrons. The van der Waals surface area contributed by atoms with Gasteiger partial charge in [-0.15, -0.1) is 0 Å². The monoisotopic (exact) mass is 224 g/mol. The van der Waals surface area contributed by atoms with Crippen LogP contribution in [0.2, 0.25) is 0 Å². The molecule has 0 bridgehead atoms. The molecule has 0 amide bonds. The fourth-order valence-corrected chi connectivity index (χ4v) is 1.50. The van der Waals surface area contributed by atoms with E-state index >= 15 is 0 Å². The number of aliphatic imine (C=N–C) groups is 1. The summed E-state index contributed by atoms with van der Waals surface area (Å²) in [4.78, 5) is 4.21. The van der Waals surface area contributed by atoms with Gasteiger partial charge in [0.25, 0.3) is 0 Å². The number of furan rings is 1. The molecule has 0 aliphatic heterocycles. The standard InChI is InChI=1S/C14H12N2O/c1-10-11(2)17-14(13(10)8-15)16-9-12-6-4-3-5-7-12/h3-7,9H,1-2H3. The quantitative estimate of drug-likeness (QED) is 0.733. The minimum atomic E-state index is 0.381. The van der Waals surface area contributed by atoms with E-state index in [4.69, 9.17) is 9.68 Å². The Hall–Kier alpha value is -2.34. The van der Waals surface area contributed by atoms with Crippen molar-refractivity contribution in [3.05, 3.63) is 52.8 Å². The van der Waals surface area contributed by atoms with E-state index in [2.05, 4.69) is 11.1 Å². The van der Waals surface area contributed by atoms with E-state index in [-0.39, 0.29) is 0 Å². The summed E-state index contributed by atoms with van der Waals surface area (Å²) in [6.07, 6.45) is 1.69. The third-order valence-corrected chi connectivity index (χ3v) is 2.61. The van der Waals surface area contributed by atoms with Crippen LogP contribution >= 0.6 is 0 Å². The lowest BCUT2D eigenvalue weighted by Gasteiger charge is -1.90. The number of hydrogen-bond donors (Lipinski definition) is 0. The lowest BCUT2D eigenvalue weighted by molar-refractivity contribution is 0.542. The molecule has 2 aromatic rings. The van der Waals surface area contributed by atoms with E-state index in [0.717, 1.165) is 16.9 Å². The van der Waals surface area contributed by atoms with Gasteiger partial charge in [0, 0.05) is 11.8 Å². The smallest absolute Gasteiger partial charge is 0.237 e. The second kappa shape index (κ2) is 4.67. The molecule has 0 fully saturated rings. The third kappa shape index (κ3) is 2.26. The molecule has 3 nitrogen and oxygen atoms in total. The zero-order chi connectivity index (χ0) is 12.3. The van der Waals surface area contributed by atoms with Crippen LogP contribution in [0.1, 0.15) is 22.5 Å². The fourth-order valence-electron chi connectivity index (χ4n) is 1.50. The van der Waals surface area contributed by atoms with Gasteiger partial charge in [0.05, 0.1) is 0 Å². The maximum Gasteiger partial charge on any atom is 0.237 e. The molecule has 0 spiro atoms. The molecule has 0 aliphatic rings. The Bertz CT molecular complexity index is 589. The van der Waals surface area contributed by atoms with E-state index < -0.39 is 0 Å². The van der Waals surface area contributed by atoms with Gasteiger partial charge in [-0.05, 0) is 19.4 Å². The molecule has 1 aromatic carbocycles. The maximum atomic E-state index is 9.03. The second-order valence-electron chi connectivity index (χ2n) is 3.74. The summed E-state index contributed by atoms with van der Waals surface area (Å²) in [5.74, 6) is 1.12. The highest BCUT2D eigenvalue weighted by atomic mass is 16.4. The normalized spacial score (nSPS) is 10.6. The minimum absolute atomic E-state index is 0.381. The zero-order valence-corrected chi connectivity index (χ0v) is 9.77. The summed E-state index contributed by atoms with van der Waals surface area (Å²) >= 11 is 0. The van der Waals surface area contributed by atoms with Gasteiger partial charge < -0.3 is 4.42 Å². The van der Waals surface area contributed by atoms with E-state index in [0.29, 0.717) is 11.4 Å². The Morgan fingerprint density at radius 3 is 2.59 bits per heavy atom. The van der Waals surface area contributed by atoms with E-state index in [1.165, 1.54) is 0 Å². The summed E-state index contributed by atoms with van der Waals surface area (Å²) in [6.45, 7) is 3.69. The van der Waals surface area contributed by atoms with Gasteiger partial charge in [-0.1, -0.05) is 30.3 Å². The zero-order valence-electron chi connectivity index (χ0n) is 9.77. The molecule has 0 atom stereocenters. The lowest BCUT2D eigenvalue weighted by Crippen LogP contribution is -1.79. The molecule has 17 heavy (non-hydrogen) atoms. The summed E-state index contributed by atoms with van der Waals surface area (Å²) in [5.41, 5.74) is 2.34. The first-order valence-electron chi connectivity index (χ1n) is 5.31. The first kappa shape index (κ1) is 11.2. The minimum Gasteiger partial charge on any atom is -0.442 e. The molecule has 84 valence electrons. The van der Waals surface area contributed by atoms with Gasteiger partial charge in [0.15, 0.2) is 0 Å². The van der Waals surface area contributed by atoms with Crippen LogP contribution in [0.25, 0.3) is 0 Å². The van der Waals surface area contributed by atoms with Crippen LogP contribution < -0.4 is 0 Å². The van der Waals surface area contributed by atoms with Crippen molar-refractivity contribution in [1.82, 2.24) is 0 Å². The molecule has 0 saturated carbocycles. The van der Waals surface area contributed by atoms with Crippen LogP contribution in [-0.4, -0.2) is 6.21 Å². The molecule has 0 N–H and O–H groups in total. The first-order chi connectivity index (χ1) is 8.22. The van der Waals surface area contributed by atoms with Crippen LogP contribution in [-0.2, 0) is 0 Å². The Morgan fingerprint density at radius 1 is 1.24 bits per heavy atom. The van der Waals surface area contributed by atoms with Crippen molar-refractivity contribution in [1.29, 1.82) is 5.26 Å². The molecular weight excluding hydrogens is 212 g/mol. The average molecular weight is 224 g/mol. The number of rotatable bonds is 2. The predicted octanol–water partition coefficient (Wildman–Crippen LogP) is 3.52. The van der Waals surface area contributed by atoms with E-state index in [1.807, 2.05) is 44.2 Å². The SMILES string of the molecule is Cc1oc(N=Cc2ccccc2)c(C#N)c1C. The Kier molecular flexibility index (Phi) is 3.06. The molecule has 1 aromatic heterocycles. The average Bonchev–Trinajstić information content (AvgIpc) is 2.63. The van der Waals surface area contributed by atoms with Crippen molar-refractivity contribution in [2.45, 2.75) is 13.8 Å². The molecule has 0 saturated heterocycles. The molecule has 0 aliphatic carbocycles. The molecule has 2 rings (SSSR count). The fraction of sp³-hybridized carbons (Fsp3) is 0.143. The van der Waals surface area contributed by atoms with Crippen molar-refractivity contribution >= 4 is 12.1 Å².